The van der Waals surface area contributed by atoms with Gasteiger partial charge in [-0.25, -0.2) is 0 Å². The molecule has 2 heterocycles. The van der Waals surface area contributed by atoms with E-state index >= 15 is 0 Å². The zero-order chi connectivity index (χ0) is 13.9. The molecule has 0 spiro atoms. The Morgan fingerprint density at radius 2 is 1.85 bits per heavy atom. The highest BCUT2D eigenvalue weighted by molar-refractivity contribution is 5.17. The van der Waals surface area contributed by atoms with Crippen molar-refractivity contribution in [3.05, 3.63) is 30.1 Å². The van der Waals surface area contributed by atoms with Gasteiger partial charge in [-0.3, -0.25) is 14.8 Å². The zero-order valence-electron chi connectivity index (χ0n) is 12.4. The third-order valence-electron chi connectivity index (χ3n) is 4.73. The Labute approximate surface area is 122 Å². The van der Waals surface area contributed by atoms with Gasteiger partial charge < -0.3 is 5.73 Å². The molecule has 4 heteroatoms. The smallest absolute Gasteiger partial charge is 0.0501 e. The van der Waals surface area contributed by atoms with Crippen LogP contribution in [0.5, 0.6) is 0 Å². The summed E-state index contributed by atoms with van der Waals surface area (Å²) in [7, 11) is 0. The van der Waals surface area contributed by atoms with Crippen LogP contribution in [0, 0.1) is 0 Å². The quantitative estimate of drug-likeness (QED) is 0.886. The van der Waals surface area contributed by atoms with Crippen molar-refractivity contribution in [2.75, 3.05) is 26.2 Å². The molecular weight excluding hydrogens is 248 g/mol. The number of aromatic nitrogens is 1. The predicted molar refractivity (Wildman–Crippen MR) is 81.4 cm³/mol. The van der Waals surface area contributed by atoms with E-state index in [4.69, 9.17) is 5.73 Å². The molecule has 0 aromatic carbocycles. The Morgan fingerprint density at radius 1 is 1.20 bits per heavy atom. The van der Waals surface area contributed by atoms with Gasteiger partial charge in [0.05, 0.1) is 6.04 Å². The van der Waals surface area contributed by atoms with Gasteiger partial charge in [-0.15, -0.1) is 0 Å². The molecule has 1 aliphatic heterocycles. The number of rotatable bonds is 5. The summed E-state index contributed by atoms with van der Waals surface area (Å²) in [5.74, 6) is 0. The fraction of sp³-hybridized carbons (Fsp3) is 0.688. The van der Waals surface area contributed by atoms with Crippen LogP contribution < -0.4 is 5.73 Å². The second-order valence-corrected chi connectivity index (χ2v) is 6.10. The maximum absolute atomic E-state index is 6.41. The number of nitrogens with zero attached hydrogens (tertiary/aromatic N) is 3. The largest absolute Gasteiger partial charge is 0.326 e. The number of hydrogen-bond acceptors (Lipinski definition) is 4. The van der Waals surface area contributed by atoms with E-state index < -0.39 is 0 Å². The van der Waals surface area contributed by atoms with Crippen LogP contribution in [-0.2, 0) is 0 Å². The molecule has 1 saturated heterocycles. The second kappa shape index (κ2) is 6.20. The van der Waals surface area contributed by atoms with Gasteiger partial charge in [-0.05, 0) is 37.0 Å². The molecule has 1 saturated carbocycles. The molecule has 20 heavy (non-hydrogen) atoms. The second-order valence-electron chi connectivity index (χ2n) is 6.10. The highest BCUT2D eigenvalue weighted by atomic mass is 15.3. The molecule has 110 valence electrons. The number of piperazine rings is 1. The van der Waals surface area contributed by atoms with Crippen LogP contribution in [-0.4, -0.2) is 53.0 Å². The zero-order valence-corrected chi connectivity index (χ0v) is 12.4. The summed E-state index contributed by atoms with van der Waals surface area (Å²) in [5.41, 5.74) is 7.73. The molecule has 0 radical (unpaired) electrons. The van der Waals surface area contributed by atoms with Crippen LogP contribution in [0.25, 0.3) is 0 Å². The van der Waals surface area contributed by atoms with Crippen molar-refractivity contribution in [3.63, 3.8) is 0 Å². The molecule has 1 aromatic heterocycles. The van der Waals surface area contributed by atoms with E-state index in [0.29, 0.717) is 6.04 Å². The van der Waals surface area contributed by atoms with E-state index in [1.807, 2.05) is 12.4 Å². The van der Waals surface area contributed by atoms with Crippen molar-refractivity contribution >= 4 is 0 Å². The number of nitrogens with two attached hydrogens (primary N) is 1. The van der Waals surface area contributed by atoms with E-state index in [1.165, 1.54) is 31.5 Å². The fourth-order valence-corrected chi connectivity index (χ4v) is 3.33. The van der Waals surface area contributed by atoms with Crippen molar-refractivity contribution in [3.8, 4) is 0 Å². The van der Waals surface area contributed by atoms with Gasteiger partial charge in [-0.1, -0.05) is 6.92 Å². The molecule has 4 nitrogen and oxygen atoms in total. The summed E-state index contributed by atoms with van der Waals surface area (Å²) in [5, 5.41) is 0. The Balaban J connectivity index is 1.70. The van der Waals surface area contributed by atoms with Gasteiger partial charge in [0.15, 0.2) is 0 Å². The van der Waals surface area contributed by atoms with Crippen LogP contribution in [0.4, 0.5) is 0 Å². The standard InChI is InChI=1S/C16H26N4/c1-2-15(17)16(13-5-7-18-8-6-13)20-11-9-19(10-12-20)14-3-4-14/h5-8,14-16H,2-4,9-12,17H2,1H3. The lowest BCUT2D eigenvalue weighted by atomic mass is 9.96. The average Bonchev–Trinajstić information content (AvgIpc) is 3.34. The van der Waals surface area contributed by atoms with Crippen LogP contribution in [0.15, 0.2) is 24.5 Å². The van der Waals surface area contributed by atoms with Crippen molar-refractivity contribution in [1.29, 1.82) is 0 Å². The summed E-state index contributed by atoms with van der Waals surface area (Å²) < 4.78 is 0. The topological polar surface area (TPSA) is 45.4 Å². The molecule has 2 unspecified atom stereocenters. The third-order valence-corrected chi connectivity index (χ3v) is 4.73. The van der Waals surface area contributed by atoms with E-state index in [0.717, 1.165) is 25.6 Å². The molecule has 2 atom stereocenters. The van der Waals surface area contributed by atoms with E-state index in [1.54, 1.807) is 0 Å². The summed E-state index contributed by atoms with van der Waals surface area (Å²) in [6.07, 6.45) is 7.58. The van der Waals surface area contributed by atoms with E-state index in [9.17, 15) is 0 Å². The summed E-state index contributed by atoms with van der Waals surface area (Å²) in [6, 6.07) is 5.66. The van der Waals surface area contributed by atoms with Crippen LogP contribution in [0.3, 0.4) is 0 Å². The molecule has 2 aliphatic rings. The molecule has 3 rings (SSSR count). The monoisotopic (exact) mass is 274 g/mol. The Hall–Kier alpha value is -0.970. The highest BCUT2D eigenvalue weighted by Gasteiger charge is 2.34. The van der Waals surface area contributed by atoms with Gasteiger partial charge >= 0.3 is 0 Å². The number of pyridine rings is 1. The normalized spacial score (nSPS) is 24.5. The number of hydrogen-bond donors (Lipinski definition) is 1. The molecular formula is C16H26N4. The van der Waals surface area contributed by atoms with Gasteiger partial charge in [0.2, 0.25) is 0 Å². The van der Waals surface area contributed by atoms with Crippen LogP contribution >= 0.6 is 0 Å². The minimum Gasteiger partial charge on any atom is -0.326 e. The van der Waals surface area contributed by atoms with Gasteiger partial charge in [0.25, 0.3) is 0 Å². The first-order chi connectivity index (χ1) is 9.79. The molecule has 0 amide bonds. The van der Waals surface area contributed by atoms with Crippen LogP contribution in [0.1, 0.15) is 37.8 Å². The van der Waals surface area contributed by atoms with Crippen LogP contribution in [0.2, 0.25) is 0 Å². The van der Waals surface area contributed by atoms with Crippen molar-refractivity contribution in [2.45, 2.75) is 44.3 Å². The Morgan fingerprint density at radius 3 is 2.40 bits per heavy atom. The first-order valence-corrected chi connectivity index (χ1v) is 7.93. The van der Waals surface area contributed by atoms with Crippen molar-refractivity contribution in [2.24, 2.45) is 5.73 Å². The summed E-state index contributed by atoms with van der Waals surface area (Å²) in [4.78, 5) is 9.36. The maximum Gasteiger partial charge on any atom is 0.0501 e. The summed E-state index contributed by atoms with van der Waals surface area (Å²) >= 11 is 0. The molecule has 0 bridgehead atoms. The Kier molecular flexibility index (Phi) is 4.34. The Bertz CT molecular complexity index is 410. The first-order valence-electron chi connectivity index (χ1n) is 7.93. The first kappa shape index (κ1) is 14.0. The SMILES string of the molecule is CCC(N)C(c1ccncc1)N1CCN(C2CC2)CC1. The maximum atomic E-state index is 6.41. The minimum atomic E-state index is 0.199. The lowest BCUT2D eigenvalue weighted by Crippen LogP contribution is -2.51. The van der Waals surface area contributed by atoms with E-state index in [-0.39, 0.29) is 6.04 Å². The minimum absolute atomic E-state index is 0.199. The average molecular weight is 274 g/mol. The van der Waals surface area contributed by atoms with Crippen molar-refractivity contribution < 1.29 is 0 Å². The molecule has 2 fully saturated rings. The highest BCUT2D eigenvalue weighted by Crippen LogP contribution is 2.30. The predicted octanol–water partition coefficient (Wildman–Crippen LogP) is 1.64. The lowest BCUT2D eigenvalue weighted by molar-refractivity contribution is 0.0795. The van der Waals surface area contributed by atoms with Crippen molar-refractivity contribution in [1.82, 2.24) is 14.8 Å². The molecule has 2 N–H and O–H groups in total. The molecule has 1 aliphatic carbocycles. The van der Waals surface area contributed by atoms with Gasteiger partial charge in [0, 0.05) is 50.7 Å². The third kappa shape index (κ3) is 3.03. The van der Waals surface area contributed by atoms with Gasteiger partial charge in [-0.2, -0.15) is 0 Å². The van der Waals surface area contributed by atoms with E-state index in [2.05, 4.69) is 33.8 Å². The summed E-state index contributed by atoms with van der Waals surface area (Å²) in [6.45, 7) is 6.85. The van der Waals surface area contributed by atoms with Gasteiger partial charge in [0.1, 0.15) is 0 Å². The fourth-order valence-electron chi connectivity index (χ4n) is 3.33. The molecule has 1 aromatic rings. The lowest BCUT2D eigenvalue weighted by Gasteiger charge is -2.41.